The molecule has 2 rings (SSSR count). The topological polar surface area (TPSA) is 66.8 Å². The zero-order chi connectivity index (χ0) is 13.8. The zero-order valence-electron chi connectivity index (χ0n) is 10.2. The maximum Gasteiger partial charge on any atom is 0.326 e. The zero-order valence-corrected chi connectivity index (χ0v) is 11.8. The molecule has 1 aromatic rings. The number of ether oxygens (including phenoxy) is 1. The maximum absolute atomic E-state index is 11.9. The van der Waals surface area contributed by atoms with Crippen LogP contribution in [0.25, 0.3) is 0 Å². The lowest BCUT2D eigenvalue weighted by Gasteiger charge is -2.21. The second-order valence-electron chi connectivity index (χ2n) is 4.33. The van der Waals surface area contributed by atoms with Gasteiger partial charge in [-0.15, -0.1) is 0 Å². The average Bonchev–Trinajstić information content (AvgIpc) is 2.85. The van der Waals surface area contributed by atoms with Gasteiger partial charge in [0.1, 0.15) is 11.8 Å². The molecule has 6 heteroatoms. The van der Waals surface area contributed by atoms with Crippen molar-refractivity contribution < 1.29 is 19.4 Å². The fourth-order valence-corrected chi connectivity index (χ4v) is 2.48. The second-order valence-corrected chi connectivity index (χ2v) is 5.25. The largest absolute Gasteiger partial charge is 0.484 e. The number of carboxylic acids is 1. The van der Waals surface area contributed by atoms with E-state index in [1.807, 2.05) is 6.07 Å². The lowest BCUT2D eigenvalue weighted by molar-refractivity contribution is -0.148. The number of benzene rings is 1. The summed E-state index contributed by atoms with van der Waals surface area (Å²) in [4.78, 5) is 24.3. The van der Waals surface area contributed by atoms with E-state index in [0.717, 1.165) is 10.9 Å². The third kappa shape index (κ3) is 3.47. The van der Waals surface area contributed by atoms with E-state index in [2.05, 4.69) is 15.9 Å². The Morgan fingerprint density at radius 2 is 2.26 bits per heavy atom. The van der Waals surface area contributed by atoms with Crippen LogP contribution in [0, 0.1) is 0 Å². The summed E-state index contributed by atoms with van der Waals surface area (Å²) >= 11 is 3.31. The number of aliphatic carboxylic acids is 1. The van der Waals surface area contributed by atoms with Gasteiger partial charge in [0.15, 0.2) is 6.61 Å². The van der Waals surface area contributed by atoms with Crippen LogP contribution in [0.5, 0.6) is 5.75 Å². The van der Waals surface area contributed by atoms with E-state index >= 15 is 0 Å². The lowest BCUT2D eigenvalue weighted by atomic mass is 10.2. The first-order valence-corrected chi connectivity index (χ1v) is 6.78. The fourth-order valence-electron chi connectivity index (χ4n) is 2.11. The van der Waals surface area contributed by atoms with E-state index in [9.17, 15) is 9.59 Å². The molecule has 1 fully saturated rings. The normalized spacial score (nSPS) is 18.4. The number of amides is 1. The summed E-state index contributed by atoms with van der Waals surface area (Å²) in [6, 6.07) is 6.46. The van der Waals surface area contributed by atoms with Crippen molar-refractivity contribution in [2.75, 3.05) is 13.2 Å². The summed E-state index contributed by atoms with van der Waals surface area (Å²) < 4.78 is 6.24. The van der Waals surface area contributed by atoms with Crippen molar-refractivity contribution in [2.24, 2.45) is 0 Å². The molecule has 0 bridgehead atoms. The molecule has 1 atom stereocenters. The van der Waals surface area contributed by atoms with Gasteiger partial charge in [-0.25, -0.2) is 4.79 Å². The summed E-state index contributed by atoms with van der Waals surface area (Å²) in [5.74, 6) is -0.660. The first kappa shape index (κ1) is 13.9. The molecule has 1 saturated heterocycles. The van der Waals surface area contributed by atoms with Crippen molar-refractivity contribution in [3.05, 3.63) is 28.7 Å². The highest BCUT2D eigenvalue weighted by atomic mass is 79.9. The predicted molar refractivity (Wildman–Crippen MR) is 72.0 cm³/mol. The van der Waals surface area contributed by atoms with Crippen molar-refractivity contribution in [1.82, 2.24) is 4.90 Å². The van der Waals surface area contributed by atoms with E-state index in [0.29, 0.717) is 18.7 Å². The minimum Gasteiger partial charge on any atom is -0.484 e. The highest BCUT2D eigenvalue weighted by molar-refractivity contribution is 9.10. The Morgan fingerprint density at radius 3 is 2.95 bits per heavy atom. The van der Waals surface area contributed by atoms with Crippen LogP contribution in [0.2, 0.25) is 0 Å². The summed E-state index contributed by atoms with van der Waals surface area (Å²) in [6.45, 7) is 0.345. The lowest BCUT2D eigenvalue weighted by Crippen LogP contribution is -2.42. The van der Waals surface area contributed by atoms with Crippen LogP contribution < -0.4 is 4.74 Å². The highest BCUT2D eigenvalue weighted by Crippen LogP contribution is 2.20. The maximum atomic E-state index is 11.9. The quantitative estimate of drug-likeness (QED) is 0.917. The van der Waals surface area contributed by atoms with Crippen LogP contribution in [0.3, 0.4) is 0 Å². The molecule has 19 heavy (non-hydrogen) atoms. The summed E-state index contributed by atoms with van der Waals surface area (Å²) in [7, 11) is 0. The Bertz CT molecular complexity index is 491. The Morgan fingerprint density at radius 1 is 1.47 bits per heavy atom. The minimum absolute atomic E-state index is 0.139. The van der Waals surface area contributed by atoms with Gasteiger partial charge in [-0.1, -0.05) is 22.0 Å². The van der Waals surface area contributed by atoms with Gasteiger partial charge in [0, 0.05) is 11.0 Å². The van der Waals surface area contributed by atoms with Crippen molar-refractivity contribution in [1.29, 1.82) is 0 Å². The van der Waals surface area contributed by atoms with Crippen molar-refractivity contribution in [2.45, 2.75) is 18.9 Å². The molecule has 102 valence electrons. The van der Waals surface area contributed by atoms with Crippen molar-refractivity contribution in [3.8, 4) is 5.75 Å². The Labute approximate surface area is 119 Å². The number of carboxylic acid groups (broad SMARTS) is 1. The van der Waals surface area contributed by atoms with Gasteiger partial charge >= 0.3 is 5.97 Å². The molecule has 1 heterocycles. The summed E-state index contributed by atoms with van der Waals surface area (Å²) in [6.07, 6.45) is 1.23. The standard InChI is InChI=1S/C13H14BrNO4/c14-9-3-1-4-10(7-9)19-8-12(16)15-6-2-5-11(15)13(17)18/h1,3-4,7,11H,2,5-6,8H2,(H,17,18). The molecular weight excluding hydrogens is 314 g/mol. The number of halogens is 1. The Hall–Kier alpha value is -1.56. The molecule has 1 N–H and O–H groups in total. The number of carbonyl (C=O) groups excluding carboxylic acids is 1. The molecule has 0 aliphatic carbocycles. The minimum atomic E-state index is -0.951. The van der Waals surface area contributed by atoms with Crippen molar-refractivity contribution >= 4 is 27.8 Å². The van der Waals surface area contributed by atoms with Crippen LogP contribution in [0.4, 0.5) is 0 Å². The third-order valence-electron chi connectivity index (χ3n) is 3.02. The van der Waals surface area contributed by atoms with Gasteiger partial charge in [-0.3, -0.25) is 4.79 Å². The number of likely N-dealkylation sites (tertiary alicyclic amines) is 1. The smallest absolute Gasteiger partial charge is 0.326 e. The summed E-state index contributed by atoms with van der Waals surface area (Å²) in [5, 5.41) is 9.01. The molecule has 0 saturated carbocycles. The monoisotopic (exact) mass is 327 g/mol. The second kappa shape index (κ2) is 6.06. The Balaban J connectivity index is 1.92. The van der Waals surface area contributed by atoms with Crippen LogP contribution in [0.15, 0.2) is 28.7 Å². The molecule has 1 aliphatic heterocycles. The van der Waals surface area contributed by atoms with Crippen LogP contribution in [-0.2, 0) is 9.59 Å². The predicted octanol–water partition coefficient (Wildman–Crippen LogP) is 1.90. The third-order valence-corrected chi connectivity index (χ3v) is 3.51. The number of nitrogens with zero attached hydrogens (tertiary/aromatic N) is 1. The van der Waals surface area contributed by atoms with Crippen LogP contribution >= 0.6 is 15.9 Å². The molecule has 1 unspecified atom stereocenters. The Kier molecular flexibility index (Phi) is 4.42. The van der Waals surface area contributed by atoms with Gasteiger partial charge < -0.3 is 14.7 Å². The molecular formula is C13H14BrNO4. The molecule has 0 aromatic heterocycles. The average molecular weight is 328 g/mol. The van der Waals surface area contributed by atoms with Crippen LogP contribution in [0.1, 0.15) is 12.8 Å². The van der Waals surface area contributed by atoms with Crippen LogP contribution in [-0.4, -0.2) is 41.1 Å². The van der Waals surface area contributed by atoms with E-state index < -0.39 is 12.0 Å². The molecule has 5 nitrogen and oxygen atoms in total. The first-order chi connectivity index (χ1) is 9.08. The molecule has 1 amide bonds. The number of rotatable bonds is 4. The van der Waals surface area contributed by atoms with Gasteiger partial charge in [-0.05, 0) is 31.0 Å². The first-order valence-electron chi connectivity index (χ1n) is 5.98. The van der Waals surface area contributed by atoms with Gasteiger partial charge in [0.2, 0.25) is 0 Å². The number of hydrogen-bond acceptors (Lipinski definition) is 3. The van der Waals surface area contributed by atoms with E-state index in [-0.39, 0.29) is 12.5 Å². The van der Waals surface area contributed by atoms with Crippen molar-refractivity contribution in [3.63, 3.8) is 0 Å². The van der Waals surface area contributed by atoms with E-state index in [4.69, 9.17) is 9.84 Å². The molecule has 1 aromatic carbocycles. The number of carbonyl (C=O) groups is 2. The van der Waals surface area contributed by atoms with Gasteiger partial charge in [0.25, 0.3) is 5.91 Å². The van der Waals surface area contributed by atoms with Gasteiger partial charge in [0.05, 0.1) is 0 Å². The van der Waals surface area contributed by atoms with Gasteiger partial charge in [-0.2, -0.15) is 0 Å². The summed E-state index contributed by atoms with van der Waals surface area (Å²) in [5.41, 5.74) is 0. The molecule has 0 radical (unpaired) electrons. The van der Waals surface area contributed by atoms with E-state index in [1.54, 1.807) is 18.2 Å². The molecule has 0 spiro atoms. The number of hydrogen-bond donors (Lipinski definition) is 1. The fraction of sp³-hybridized carbons (Fsp3) is 0.385. The SMILES string of the molecule is O=C(O)C1CCCN1C(=O)COc1cccc(Br)c1. The van der Waals surface area contributed by atoms with E-state index in [1.165, 1.54) is 4.90 Å². The molecule has 1 aliphatic rings. The highest BCUT2D eigenvalue weighted by Gasteiger charge is 2.33.